The Hall–Kier alpha value is -1.59. The van der Waals surface area contributed by atoms with Gasteiger partial charge in [0.2, 0.25) is 0 Å². The molecule has 0 amide bonds. The smallest absolute Gasteiger partial charge is 0.179 e. The lowest BCUT2D eigenvalue weighted by atomic mass is 10.0. The lowest BCUT2D eigenvalue weighted by molar-refractivity contribution is 0.0950. The molecule has 1 aliphatic heterocycles. The van der Waals surface area contributed by atoms with E-state index < -0.39 is 0 Å². The van der Waals surface area contributed by atoms with Gasteiger partial charge < -0.3 is 20.5 Å². The number of rotatable bonds is 7. The molecule has 5 heteroatoms. The van der Waals surface area contributed by atoms with E-state index in [0.29, 0.717) is 18.5 Å². The summed E-state index contributed by atoms with van der Waals surface area (Å²) in [4.78, 5) is 12.4. The fraction of sp³-hybridized carbons (Fsp3) is 0.562. The SMILES string of the molecule is CCC1CNc2cc(C(=O)C(C)NCCCO)ccc2O1. The number of nitrogens with one attached hydrogen (secondary N) is 2. The van der Waals surface area contributed by atoms with Crippen molar-refractivity contribution < 1.29 is 14.6 Å². The Morgan fingerprint density at radius 3 is 3.10 bits per heavy atom. The molecule has 0 bridgehead atoms. The molecule has 0 saturated carbocycles. The van der Waals surface area contributed by atoms with Crippen LogP contribution in [0.15, 0.2) is 18.2 Å². The largest absolute Gasteiger partial charge is 0.486 e. The third-order valence-corrected chi connectivity index (χ3v) is 3.71. The second-order valence-corrected chi connectivity index (χ2v) is 5.36. The summed E-state index contributed by atoms with van der Waals surface area (Å²) in [6.07, 6.45) is 1.80. The van der Waals surface area contributed by atoms with Crippen LogP contribution >= 0.6 is 0 Å². The maximum absolute atomic E-state index is 12.4. The molecule has 0 aromatic heterocycles. The molecule has 2 unspecified atom stereocenters. The number of benzene rings is 1. The second-order valence-electron chi connectivity index (χ2n) is 5.36. The molecule has 1 aliphatic rings. The summed E-state index contributed by atoms with van der Waals surface area (Å²) < 4.78 is 5.84. The first-order chi connectivity index (χ1) is 10.2. The van der Waals surface area contributed by atoms with E-state index in [4.69, 9.17) is 9.84 Å². The minimum atomic E-state index is -0.262. The van der Waals surface area contributed by atoms with E-state index in [9.17, 15) is 4.79 Å². The quantitative estimate of drug-likeness (QED) is 0.528. The normalized spacial score (nSPS) is 18.3. The minimum absolute atomic E-state index is 0.0511. The van der Waals surface area contributed by atoms with Crippen LogP contribution in [0.3, 0.4) is 0 Å². The summed E-state index contributed by atoms with van der Waals surface area (Å²) >= 11 is 0. The highest BCUT2D eigenvalue weighted by Crippen LogP contribution is 2.30. The first kappa shape index (κ1) is 15.8. The monoisotopic (exact) mass is 292 g/mol. The predicted octanol–water partition coefficient (Wildman–Crippen LogP) is 1.81. The number of hydrogen-bond acceptors (Lipinski definition) is 5. The molecular weight excluding hydrogens is 268 g/mol. The van der Waals surface area contributed by atoms with Crippen LogP contribution in [0.5, 0.6) is 5.75 Å². The van der Waals surface area contributed by atoms with Crippen molar-refractivity contribution in [3.8, 4) is 5.75 Å². The van der Waals surface area contributed by atoms with Crippen molar-refractivity contribution in [2.24, 2.45) is 0 Å². The number of ketones is 1. The maximum atomic E-state index is 12.4. The van der Waals surface area contributed by atoms with Crippen LogP contribution in [0.4, 0.5) is 5.69 Å². The number of carbonyl (C=O) groups is 1. The number of aliphatic hydroxyl groups is 1. The van der Waals surface area contributed by atoms with Crippen molar-refractivity contribution in [3.05, 3.63) is 23.8 Å². The van der Waals surface area contributed by atoms with Crippen LogP contribution in [-0.4, -0.2) is 42.7 Å². The van der Waals surface area contributed by atoms with Crippen LogP contribution in [0.25, 0.3) is 0 Å². The summed E-state index contributed by atoms with van der Waals surface area (Å²) in [6.45, 7) is 5.47. The van der Waals surface area contributed by atoms with Gasteiger partial charge in [-0.1, -0.05) is 6.92 Å². The van der Waals surface area contributed by atoms with E-state index >= 15 is 0 Å². The highest BCUT2D eigenvalue weighted by molar-refractivity contribution is 6.01. The highest BCUT2D eigenvalue weighted by atomic mass is 16.5. The van der Waals surface area contributed by atoms with E-state index in [1.54, 1.807) is 0 Å². The van der Waals surface area contributed by atoms with Gasteiger partial charge >= 0.3 is 0 Å². The molecule has 1 heterocycles. The van der Waals surface area contributed by atoms with E-state index in [1.165, 1.54) is 0 Å². The zero-order chi connectivity index (χ0) is 15.2. The van der Waals surface area contributed by atoms with Gasteiger partial charge in [0.25, 0.3) is 0 Å². The molecule has 2 rings (SSSR count). The van der Waals surface area contributed by atoms with E-state index in [2.05, 4.69) is 17.6 Å². The van der Waals surface area contributed by atoms with E-state index in [-0.39, 0.29) is 24.5 Å². The van der Waals surface area contributed by atoms with Gasteiger partial charge in [-0.15, -0.1) is 0 Å². The van der Waals surface area contributed by atoms with Gasteiger partial charge in [-0.25, -0.2) is 0 Å². The summed E-state index contributed by atoms with van der Waals surface area (Å²) in [5.41, 5.74) is 1.55. The number of anilines is 1. The van der Waals surface area contributed by atoms with Gasteiger partial charge in [-0.05, 0) is 44.5 Å². The van der Waals surface area contributed by atoms with Crippen molar-refractivity contribution in [1.29, 1.82) is 0 Å². The Balaban J connectivity index is 2.03. The molecule has 1 aromatic rings. The number of ether oxygens (including phenoxy) is 1. The molecule has 1 aromatic carbocycles. The number of aliphatic hydroxyl groups excluding tert-OH is 1. The molecule has 0 aliphatic carbocycles. The molecule has 0 fully saturated rings. The van der Waals surface area contributed by atoms with Crippen LogP contribution in [0.2, 0.25) is 0 Å². The zero-order valence-electron chi connectivity index (χ0n) is 12.7. The van der Waals surface area contributed by atoms with Crippen molar-refractivity contribution in [1.82, 2.24) is 5.32 Å². The number of hydrogen-bond donors (Lipinski definition) is 3. The summed E-state index contributed by atoms with van der Waals surface area (Å²) in [7, 11) is 0. The maximum Gasteiger partial charge on any atom is 0.179 e. The number of carbonyl (C=O) groups excluding carboxylic acids is 1. The second kappa shape index (κ2) is 7.43. The van der Waals surface area contributed by atoms with Crippen LogP contribution in [-0.2, 0) is 0 Å². The van der Waals surface area contributed by atoms with Gasteiger partial charge in [0.1, 0.15) is 11.9 Å². The molecule has 116 valence electrons. The first-order valence-corrected chi connectivity index (χ1v) is 7.58. The Morgan fingerprint density at radius 1 is 1.57 bits per heavy atom. The molecule has 2 atom stereocenters. The average molecular weight is 292 g/mol. The molecular formula is C16H24N2O3. The Labute approximate surface area is 125 Å². The van der Waals surface area contributed by atoms with Gasteiger partial charge in [0.05, 0.1) is 18.3 Å². The molecule has 3 N–H and O–H groups in total. The van der Waals surface area contributed by atoms with Crippen LogP contribution < -0.4 is 15.4 Å². The van der Waals surface area contributed by atoms with Crippen molar-refractivity contribution >= 4 is 11.5 Å². The van der Waals surface area contributed by atoms with Crippen molar-refractivity contribution in [2.45, 2.75) is 38.8 Å². The fourth-order valence-electron chi connectivity index (χ4n) is 2.34. The molecule has 21 heavy (non-hydrogen) atoms. The third-order valence-electron chi connectivity index (χ3n) is 3.71. The average Bonchev–Trinajstić information content (AvgIpc) is 2.53. The molecule has 0 spiro atoms. The lowest BCUT2D eigenvalue weighted by Crippen LogP contribution is -2.35. The van der Waals surface area contributed by atoms with Gasteiger partial charge in [-0.2, -0.15) is 0 Å². The third kappa shape index (κ3) is 3.95. The predicted molar refractivity (Wildman–Crippen MR) is 83.1 cm³/mol. The Bertz CT molecular complexity index is 490. The van der Waals surface area contributed by atoms with Crippen molar-refractivity contribution in [2.75, 3.05) is 25.0 Å². The highest BCUT2D eigenvalue weighted by Gasteiger charge is 2.20. The minimum Gasteiger partial charge on any atom is -0.486 e. The Kier molecular flexibility index (Phi) is 5.59. The number of fused-ring (bicyclic) bond motifs is 1. The van der Waals surface area contributed by atoms with Crippen LogP contribution in [0, 0.1) is 0 Å². The zero-order valence-corrected chi connectivity index (χ0v) is 12.7. The van der Waals surface area contributed by atoms with Crippen LogP contribution in [0.1, 0.15) is 37.0 Å². The number of Topliss-reactive ketones (excluding diaryl/α,β-unsaturated/α-hetero) is 1. The molecule has 0 radical (unpaired) electrons. The van der Waals surface area contributed by atoms with E-state index in [0.717, 1.165) is 24.4 Å². The molecule has 5 nitrogen and oxygen atoms in total. The van der Waals surface area contributed by atoms with Crippen molar-refractivity contribution in [3.63, 3.8) is 0 Å². The fourth-order valence-corrected chi connectivity index (χ4v) is 2.34. The van der Waals surface area contributed by atoms with Gasteiger partial charge in [0.15, 0.2) is 5.78 Å². The summed E-state index contributed by atoms with van der Waals surface area (Å²) in [6, 6.07) is 5.26. The summed E-state index contributed by atoms with van der Waals surface area (Å²) in [5, 5.41) is 15.2. The standard InChI is InChI=1S/C16H24N2O3/c1-3-13-10-18-14-9-12(5-6-15(14)21-13)16(20)11(2)17-7-4-8-19/h5-6,9,11,13,17-19H,3-4,7-8,10H2,1-2H3. The summed E-state index contributed by atoms with van der Waals surface area (Å²) in [5.74, 6) is 0.862. The lowest BCUT2D eigenvalue weighted by Gasteiger charge is -2.27. The topological polar surface area (TPSA) is 70.6 Å². The van der Waals surface area contributed by atoms with Gasteiger partial charge in [0, 0.05) is 12.2 Å². The molecule has 0 saturated heterocycles. The van der Waals surface area contributed by atoms with Gasteiger partial charge in [-0.3, -0.25) is 4.79 Å². The first-order valence-electron chi connectivity index (χ1n) is 7.58. The van der Waals surface area contributed by atoms with E-state index in [1.807, 2.05) is 25.1 Å². The Morgan fingerprint density at radius 2 is 2.38 bits per heavy atom.